The van der Waals surface area contributed by atoms with Gasteiger partial charge in [0.15, 0.2) is 0 Å². The second kappa shape index (κ2) is 5.10. The molecule has 1 unspecified atom stereocenters. The van der Waals surface area contributed by atoms with Crippen LogP contribution in [-0.2, 0) is 0 Å². The molecule has 0 aromatic carbocycles. The third-order valence-electron chi connectivity index (χ3n) is 2.68. The lowest BCUT2D eigenvalue weighted by Crippen LogP contribution is -2.45. The van der Waals surface area contributed by atoms with Crippen molar-refractivity contribution >= 4 is 12.6 Å². The summed E-state index contributed by atoms with van der Waals surface area (Å²) in [4.78, 5) is 4.85. The first-order valence-corrected chi connectivity index (χ1v) is 5.37. The van der Waals surface area contributed by atoms with Gasteiger partial charge in [-0.15, -0.1) is 0 Å². The molecule has 0 N–H and O–H groups in total. The van der Waals surface area contributed by atoms with Gasteiger partial charge in [-0.3, -0.25) is 0 Å². The molecule has 0 aliphatic carbocycles. The summed E-state index contributed by atoms with van der Waals surface area (Å²) in [5.74, 6) is 0.969. The van der Waals surface area contributed by atoms with Crippen molar-refractivity contribution in [3.63, 3.8) is 0 Å². The van der Waals surface area contributed by atoms with Crippen LogP contribution in [0.1, 0.15) is 12.8 Å². The van der Waals surface area contributed by atoms with Crippen LogP contribution in [-0.4, -0.2) is 55.3 Å². The number of piperidine rings is 1. The van der Waals surface area contributed by atoms with Gasteiger partial charge in [0.05, 0.1) is 0 Å². The van der Waals surface area contributed by atoms with Crippen LogP contribution in [0.4, 0.5) is 0 Å². The molecule has 0 saturated carbocycles. The SMILES string of the molecule is CN1CCCC(N(C)CCS)C1. The molecular weight excluding hydrogens is 168 g/mol. The fraction of sp³-hybridized carbons (Fsp3) is 1.00. The van der Waals surface area contributed by atoms with Gasteiger partial charge in [0.1, 0.15) is 0 Å². The van der Waals surface area contributed by atoms with Gasteiger partial charge in [0, 0.05) is 24.9 Å². The Hall–Kier alpha value is 0.270. The van der Waals surface area contributed by atoms with Crippen molar-refractivity contribution in [1.29, 1.82) is 0 Å². The molecule has 72 valence electrons. The average Bonchev–Trinajstić information content (AvgIpc) is 2.05. The lowest BCUT2D eigenvalue weighted by Gasteiger charge is -2.35. The number of thiol groups is 1. The van der Waals surface area contributed by atoms with Crippen LogP contribution in [0.15, 0.2) is 0 Å². The summed E-state index contributed by atoms with van der Waals surface area (Å²) in [6.07, 6.45) is 2.70. The maximum atomic E-state index is 4.25. The summed E-state index contributed by atoms with van der Waals surface area (Å²) >= 11 is 4.25. The third kappa shape index (κ3) is 2.96. The minimum atomic E-state index is 0.760. The Morgan fingerprint density at radius 2 is 2.33 bits per heavy atom. The first kappa shape index (κ1) is 10.4. The fourth-order valence-electron chi connectivity index (χ4n) is 1.84. The van der Waals surface area contributed by atoms with E-state index < -0.39 is 0 Å². The molecule has 0 radical (unpaired) electrons. The van der Waals surface area contributed by atoms with E-state index in [-0.39, 0.29) is 0 Å². The molecule has 0 amide bonds. The minimum Gasteiger partial charge on any atom is -0.305 e. The Morgan fingerprint density at radius 3 is 2.92 bits per heavy atom. The van der Waals surface area contributed by atoms with Crippen LogP contribution >= 0.6 is 12.6 Å². The molecule has 3 heteroatoms. The third-order valence-corrected chi connectivity index (χ3v) is 2.88. The largest absolute Gasteiger partial charge is 0.305 e. The summed E-state index contributed by atoms with van der Waals surface area (Å²) in [5.41, 5.74) is 0. The molecule has 1 fully saturated rings. The van der Waals surface area contributed by atoms with E-state index in [0.29, 0.717) is 0 Å². The molecule has 12 heavy (non-hydrogen) atoms. The minimum absolute atomic E-state index is 0.760. The molecule has 0 bridgehead atoms. The van der Waals surface area contributed by atoms with E-state index >= 15 is 0 Å². The number of rotatable bonds is 3. The highest BCUT2D eigenvalue weighted by molar-refractivity contribution is 7.80. The molecule has 1 heterocycles. The second-order valence-electron chi connectivity index (χ2n) is 3.76. The predicted octanol–water partition coefficient (Wildman–Crippen LogP) is 0.942. The van der Waals surface area contributed by atoms with Gasteiger partial charge < -0.3 is 9.80 Å². The molecule has 1 aliphatic heterocycles. The van der Waals surface area contributed by atoms with Gasteiger partial charge in [-0.25, -0.2) is 0 Å². The van der Waals surface area contributed by atoms with E-state index in [1.54, 1.807) is 0 Å². The lowest BCUT2D eigenvalue weighted by molar-refractivity contribution is 0.140. The van der Waals surface area contributed by atoms with Crippen LogP contribution in [0.5, 0.6) is 0 Å². The molecule has 1 atom stereocenters. The Bertz CT molecular complexity index is 130. The van der Waals surface area contributed by atoms with Crippen molar-refractivity contribution < 1.29 is 0 Å². The monoisotopic (exact) mass is 188 g/mol. The number of likely N-dealkylation sites (N-methyl/N-ethyl adjacent to an activating group) is 2. The molecule has 2 nitrogen and oxygen atoms in total. The Kier molecular flexibility index (Phi) is 4.40. The summed E-state index contributed by atoms with van der Waals surface area (Å²) in [7, 11) is 4.42. The number of likely N-dealkylation sites (tertiary alicyclic amines) is 1. The highest BCUT2D eigenvalue weighted by Gasteiger charge is 2.19. The molecule has 1 aliphatic rings. The summed E-state index contributed by atoms with van der Waals surface area (Å²) in [6.45, 7) is 3.61. The highest BCUT2D eigenvalue weighted by Crippen LogP contribution is 2.12. The van der Waals surface area contributed by atoms with Crippen LogP contribution in [0, 0.1) is 0 Å². The zero-order chi connectivity index (χ0) is 8.97. The molecule has 0 spiro atoms. The Balaban J connectivity index is 2.29. The van der Waals surface area contributed by atoms with Crippen molar-refractivity contribution in [3.05, 3.63) is 0 Å². The van der Waals surface area contributed by atoms with Crippen LogP contribution in [0.3, 0.4) is 0 Å². The summed E-state index contributed by atoms with van der Waals surface area (Å²) in [5, 5.41) is 0. The van der Waals surface area contributed by atoms with E-state index in [0.717, 1.165) is 18.3 Å². The van der Waals surface area contributed by atoms with E-state index in [1.807, 2.05) is 0 Å². The first-order chi connectivity index (χ1) is 5.74. The van der Waals surface area contributed by atoms with Crippen molar-refractivity contribution in [2.45, 2.75) is 18.9 Å². The molecule has 0 aromatic heterocycles. The summed E-state index contributed by atoms with van der Waals surface area (Å²) in [6, 6.07) is 0.760. The summed E-state index contributed by atoms with van der Waals surface area (Å²) < 4.78 is 0. The molecular formula is C9H20N2S. The topological polar surface area (TPSA) is 6.48 Å². The average molecular weight is 188 g/mol. The predicted molar refractivity (Wildman–Crippen MR) is 57.0 cm³/mol. The smallest absolute Gasteiger partial charge is 0.0220 e. The fourth-order valence-corrected chi connectivity index (χ4v) is 2.15. The van der Waals surface area contributed by atoms with Gasteiger partial charge in [-0.2, -0.15) is 12.6 Å². The first-order valence-electron chi connectivity index (χ1n) is 4.73. The highest BCUT2D eigenvalue weighted by atomic mass is 32.1. The normalized spacial score (nSPS) is 26.5. The van der Waals surface area contributed by atoms with Gasteiger partial charge >= 0.3 is 0 Å². The Labute approximate surface area is 81.3 Å². The van der Waals surface area contributed by atoms with Gasteiger partial charge in [-0.05, 0) is 33.5 Å². The second-order valence-corrected chi connectivity index (χ2v) is 4.21. The van der Waals surface area contributed by atoms with E-state index in [1.165, 1.54) is 25.9 Å². The maximum absolute atomic E-state index is 4.25. The molecule has 1 rings (SSSR count). The quantitative estimate of drug-likeness (QED) is 0.659. The molecule has 0 aromatic rings. The maximum Gasteiger partial charge on any atom is 0.0220 e. The van der Waals surface area contributed by atoms with Gasteiger partial charge in [-0.1, -0.05) is 0 Å². The van der Waals surface area contributed by atoms with E-state index in [4.69, 9.17) is 0 Å². The van der Waals surface area contributed by atoms with Crippen molar-refractivity contribution in [1.82, 2.24) is 9.80 Å². The van der Waals surface area contributed by atoms with Gasteiger partial charge in [0.2, 0.25) is 0 Å². The van der Waals surface area contributed by atoms with Gasteiger partial charge in [0.25, 0.3) is 0 Å². The van der Waals surface area contributed by atoms with E-state index in [2.05, 4.69) is 36.5 Å². The molecule has 1 saturated heterocycles. The number of hydrogen-bond acceptors (Lipinski definition) is 3. The van der Waals surface area contributed by atoms with Crippen LogP contribution in [0.25, 0.3) is 0 Å². The number of hydrogen-bond donors (Lipinski definition) is 1. The van der Waals surface area contributed by atoms with Crippen LogP contribution in [0.2, 0.25) is 0 Å². The lowest BCUT2D eigenvalue weighted by atomic mass is 10.1. The zero-order valence-electron chi connectivity index (χ0n) is 8.16. The van der Waals surface area contributed by atoms with Crippen molar-refractivity contribution in [3.8, 4) is 0 Å². The van der Waals surface area contributed by atoms with Crippen molar-refractivity contribution in [2.75, 3.05) is 39.5 Å². The van der Waals surface area contributed by atoms with Crippen LogP contribution < -0.4 is 0 Å². The number of nitrogens with zero attached hydrogens (tertiary/aromatic N) is 2. The zero-order valence-corrected chi connectivity index (χ0v) is 9.06. The van der Waals surface area contributed by atoms with E-state index in [9.17, 15) is 0 Å². The van der Waals surface area contributed by atoms with Crippen molar-refractivity contribution in [2.24, 2.45) is 0 Å². The standard InChI is InChI=1S/C9H20N2S/c1-10-5-3-4-9(8-10)11(2)6-7-12/h9,12H,3-8H2,1-2H3. The Morgan fingerprint density at radius 1 is 1.58 bits per heavy atom.